The Bertz CT molecular complexity index is 1820. The van der Waals surface area contributed by atoms with E-state index in [4.69, 9.17) is 37.0 Å². The van der Waals surface area contributed by atoms with E-state index in [0.29, 0.717) is 31.6 Å². The van der Waals surface area contributed by atoms with Gasteiger partial charge in [0.05, 0.1) is 26.4 Å². The molecule has 0 aliphatic carbocycles. The lowest BCUT2D eigenvalue weighted by Crippen LogP contribution is -2.30. The molecule has 0 saturated carbocycles. The van der Waals surface area contributed by atoms with Gasteiger partial charge in [-0.2, -0.15) is 0 Å². The van der Waals surface area contributed by atoms with Crippen LogP contribution in [0.15, 0.2) is 0 Å². The van der Waals surface area contributed by atoms with Gasteiger partial charge in [-0.05, 0) is 49.4 Å². The van der Waals surface area contributed by atoms with Gasteiger partial charge in [0.1, 0.15) is 19.3 Å². The van der Waals surface area contributed by atoms with E-state index in [1.54, 1.807) is 0 Å². The number of unbranched alkanes of at least 4 members (excludes halogenated alkanes) is 36. The van der Waals surface area contributed by atoms with Crippen molar-refractivity contribution in [2.45, 2.75) is 382 Å². The van der Waals surface area contributed by atoms with Crippen molar-refractivity contribution in [1.82, 2.24) is 0 Å². The van der Waals surface area contributed by atoms with E-state index >= 15 is 0 Å². The van der Waals surface area contributed by atoms with Gasteiger partial charge in [-0.3, -0.25) is 37.3 Å². The van der Waals surface area contributed by atoms with Crippen molar-refractivity contribution < 1.29 is 80.2 Å². The van der Waals surface area contributed by atoms with Crippen LogP contribution in [0.2, 0.25) is 0 Å². The van der Waals surface area contributed by atoms with E-state index in [1.165, 1.54) is 161 Å². The van der Waals surface area contributed by atoms with E-state index in [0.717, 1.165) is 114 Å². The molecule has 0 radical (unpaired) electrons. The molecule has 0 aromatic rings. The highest BCUT2D eigenvalue weighted by molar-refractivity contribution is 7.47. The van der Waals surface area contributed by atoms with Gasteiger partial charge in [0, 0.05) is 25.7 Å². The van der Waals surface area contributed by atoms with Crippen LogP contribution in [0.4, 0.5) is 0 Å². The molecule has 0 aromatic carbocycles. The number of esters is 4. The lowest BCUT2D eigenvalue weighted by molar-refractivity contribution is -0.161. The molecule has 546 valence electrons. The molecule has 3 unspecified atom stereocenters. The van der Waals surface area contributed by atoms with Gasteiger partial charge < -0.3 is 33.8 Å². The zero-order chi connectivity index (χ0) is 68.2. The summed E-state index contributed by atoms with van der Waals surface area (Å²) in [5.41, 5.74) is 0. The lowest BCUT2D eigenvalue weighted by Gasteiger charge is -2.21. The number of aliphatic hydroxyl groups is 1. The highest BCUT2D eigenvalue weighted by Gasteiger charge is 2.30. The van der Waals surface area contributed by atoms with Gasteiger partial charge in [-0.15, -0.1) is 0 Å². The number of phosphoric ester groups is 2. The Morgan fingerprint density at radius 2 is 0.457 bits per heavy atom. The van der Waals surface area contributed by atoms with E-state index in [1.807, 2.05) is 0 Å². The van der Waals surface area contributed by atoms with E-state index in [-0.39, 0.29) is 25.7 Å². The Balaban J connectivity index is 5.24. The monoisotopic (exact) mass is 1350 g/mol. The molecule has 5 atom stereocenters. The second-order valence-electron chi connectivity index (χ2n) is 28.2. The number of hydrogen-bond donors (Lipinski definition) is 3. The molecule has 3 N–H and O–H groups in total. The first-order valence-corrected chi connectivity index (χ1v) is 40.7. The van der Waals surface area contributed by atoms with E-state index in [2.05, 4.69) is 55.4 Å². The maximum absolute atomic E-state index is 13.1. The molecule has 0 aromatic heterocycles. The summed E-state index contributed by atoms with van der Waals surface area (Å²) < 4.78 is 68.4. The first-order chi connectivity index (χ1) is 44.1. The Kier molecular flexibility index (Phi) is 61.3. The fraction of sp³-hybridized carbons (Fsp3) is 0.945. The van der Waals surface area contributed by atoms with Crippen molar-refractivity contribution in [2.24, 2.45) is 23.7 Å². The first-order valence-electron chi connectivity index (χ1n) is 37.7. The molecule has 0 heterocycles. The van der Waals surface area contributed by atoms with E-state index in [9.17, 15) is 43.2 Å². The molecule has 0 bridgehead atoms. The molecule has 19 heteroatoms. The molecule has 0 spiro atoms. The largest absolute Gasteiger partial charge is 0.472 e. The minimum atomic E-state index is -4.96. The van der Waals surface area contributed by atoms with Crippen LogP contribution in [0, 0.1) is 23.7 Å². The van der Waals surface area contributed by atoms with Gasteiger partial charge in [0.25, 0.3) is 0 Å². The normalized spacial score (nSPS) is 14.2. The number of carbonyl (C=O) groups is 4. The average Bonchev–Trinajstić information content (AvgIpc) is 1.85. The highest BCUT2D eigenvalue weighted by atomic mass is 31.2. The maximum Gasteiger partial charge on any atom is 0.472 e. The fourth-order valence-corrected chi connectivity index (χ4v) is 12.6. The minimum Gasteiger partial charge on any atom is -0.462 e. The van der Waals surface area contributed by atoms with Crippen LogP contribution in [0.25, 0.3) is 0 Å². The van der Waals surface area contributed by atoms with Crippen molar-refractivity contribution in [3.8, 4) is 0 Å². The summed E-state index contributed by atoms with van der Waals surface area (Å²) >= 11 is 0. The first kappa shape index (κ1) is 90.1. The second kappa shape index (κ2) is 62.6. The summed E-state index contributed by atoms with van der Waals surface area (Å²) in [6.45, 7) is 14.1. The Morgan fingerprint density at radius 3 is 0.674 bits per heavy atom. The van der Waals surface area contributed by atoms with Crippen molar-refractivity contribution >= 4 is 39.5 Å². The van der Waals surface area contributed by atoms with Crippen molar-refractivity contribution in [2.75, 3.05) is 39.6 Å². The molecular weight excluding hydrogens is 1210 g/mol. The van der Waals surface area contributed by atoms with Crippen molar-refractivity contribution in [3.63, 3.8) is 0 Å². The predicted molar refractivity (Wildman–Crippen MR) is 372 cm³/mol. The van der Waals surface area contributed by atoms with Crippen LogP contribution in [-0.4, -0.2) is 96.7 Å². The Labute approximate surface area is 562 Å². The summed E-state index contributed by atoms with van der Waals surface area (Å²) in [4.78, 5) is 72.7. The maximum atomic E-state index is 13.1. The lowest BCUT2D eigenvalue weighted by atomic mass is 10.0. The number of aliphatic hydroxyl groups excluding tert-OH is 1. The number of carbonyl (C=O) groups excluding carboxylic acids is 4. The third-order valence-electron chi connectivity index (χ3n) is 16.8. The number of phosphoric acid groups is 2. The Hall–Kier alpha value is -1.94. The highest BCUT2D eigenvalue weighted by Crippen LogP contribution is 2.45. The minimum absolute atomic E-state index is 0.104. The molecule has 0 aliphatic rings. The van der Waals surface area contributed by atoms with Gasteiger partial charge in [-0.1, -0.05) is 312 Å². The standard InChI is InChI=1S/C73H142O17P2/c1-63(2)49-41-33-25-18-13-11-9-10-12-14-21-29-37-45-53-70(75)83-59-68(89-72(77)55-47-39-30-22-16-15-19-26-34-42-50-64(3)4)61-87-91(79,80)85-57-67(74)58-86-92(81,82)88-62-69(60-84-71(76)54-46-38-32-24-28-36-44-52-66(7)8)90-73(78)56-48-40-31-23-17-20-27-35-43-51-65(5)6/h63-69,74H,9-62H2,1-8H3,(H,79,80)(H,81,82)/t67?,68-,69-/m1/s1. The molecule has 0 rings (SSSR count). The van der Waals surface area contributed by atoms with Gasteiger partial charge in [0.2, 0.25) is 0 Å². The van der Waals surface area contributed by atoms with E-state index < -0.39 is 97.5 Å². The summed E-state index contributed by atoms with van der Waals surface area (Å²) in [5.74, 6) is 0.867. The average molecular weight is 1350 g/mol. The van der Waals surface area contributed by atoms with Gasteiger partial charge in [0.15, 0.2) is 12.2 Å². The third kappa shape index (κ3) is 66.7. The molecule has 0 fully saturated rings. The number of hydrogen-bond acceptors (Lipinski definition) is 15. The van der Waals surface area contributed by atoms with Crippen molar-refractivity contribution in [1.29, 1.82) is 0 Å². The molecule has 92 heavy (non-hydrogen) atoms. The summed E-state index contributed by atoms with van der Waals surface area (Å²) in [7, 11) is -9.91. The van der Waals surface area contributed by atoms with Crippen LogP contribution in [0.5, 0.6) is 0 Å². The van der Waals surface area contributed by atoms with Crippen LogP contribution in [0.3, 0.4) is 0 Å². The number of rotatable bonds is 70. The zero-order valence-electron chi connectivity index (χ0n) is 60.2. The molecule has 0 amide bonds. The quantitative estimate of drug-likeness (QED) is 0.0222. The zero-order valence-corrected chi connectivity index (χ0v) is 62.0. The van der Waals surface area contributed by atoms with Crippen LogP contribution in [0.1, 0.15) is 364 Å². The van der Waals surface area contributed by atoms with Gasteiger partial charge in [-0.25, -0.2) is 9.13 Å². The smallest absolute Gasteiger partial charge is 0.462 e. The SMILES string of the molecule is CC(C)CCCCCCCCCCCCCCCCC(=O)OC[C@H](COP(=O)(O)OCC(O)COP(=O)(O)OC[C@@H](COC(=O)CCCCCCCCCC(C)C)OC(=O)CCCCCCCCCCCC(C)C)OC(=O)CCCCCCCCCCCCC(C)C. The molecule has 0 saturated heterocycles. The number of ether oxygens (including phenoxy) is 4. The molecule has 0 aliphatic heterocycles. The summed E-state index contributed by atoms with van der Waals surface area (Å²) in [6.07, 6.45) is 45.9. The fourth-order valence-electron chi connectivity index (χ4n) is 11.0. The van der Waals surface area contributed by atoms with Crippen LogP contribution >= 0.6 is 15.6 Å². The molecular formula is C73H142O17P2. The Morgan fingerprint density at radius 1 is 0.272 bits per heavy atom. The topological polar surface area (TPSA) is 237 Å². The summed E-state index contributed by atoms with van der Waals surface area (Å²) in [5, 5.41) is 10.6. The van der Waals surface area contributed by atoms with Crippen molar-refractivity contribution in [3.05, 3.63) is 0 Å². The third-order valence-corrected chi connectivity index (χ3v) is 18.7. The predicted octanol–water partition coefficient (Wildman–Crippen LogP) is 20.9. The summed E-state index contributed by atoms with van der Waals surface area (Å²) in [6, 6.07) is 0. The molecule has 17 nitrogen and oxygen atoms in total. The second-order valence-corrected chi connectivity index (χ2v) is 31.1. The van der Waals surface area contributed by atoms with Crippen LogP contribution in [-0.2, 0) is 65.4 Å². The van der Waals surface area contributed by atoms with Gasteiger partial charge >= 0.3 is 39.5 Å². The van der Waals surface area contributed by atoms with Crippen LogP contribution < -0.4 is 0 Å².